The van der Waals surface area contributed by atoms with E-state index in [-0.39, 0.29) is 17.7 Å². The van der Waals surface area contributed by atoms with Crippen LogP contribution in [0.2, 0.25) is 0 Å². The molecule has 1 unspecified atom stereocenters. The number of allylic oxidation sites excluding steroid dienone is 2. The van der Waals surface area contributed by atoms with Crippen molar-refractivity contribution >= 4 is 11.7 Å². The second kappa shape index (κ2) is 4.94. The minimum absolute atomic E-state index is 0.185. The highest BCUT2D eigenvalue weighted by atomic mass is 16.2. The van der Waals surface area contributed by atoms with Crippen molar-refractivity contribution in [1.82, 2.24) is 4.90 Å². The van der Waals surface area contributed by atoms with Crippen LogP contribution in [0.3, 0.4) is 0 Å². The SMILES string of the molecule is C/C=C/CCC(C)N1CCC(=O)C1=O. The number of likely N-dealkylation sites (tertiary alicyclic amines) is 1. The van der Waals surface area contributed by atoms with Crippen LogP contribution in [0.25, 0.3) is 0 Å². The molecule has 1 rings (SSSR count). The van der Waals surface area contributed by atoms with E-state index in [4.69, 9.17) is 0 Å². The van der Waals surface area contributed by atoms with E-state index in [1.165, 1.54) is 0 Å². The maximum atomic E-state index is 11.3. The van der Waals surface area contributed by atoms with Crippen molar-refractivity contribution in [2.45, 2.75) is 39.2 Å². The monoisotopic (exact) mass is 195 g/mol. The fourth-order valence-corrected chi connectivity index (χ4v) is 1.67. The fourth-order valence-electron chi connectivity index (χ4n) is 1.67. The molecule has 1 saturated heterocycles. The predicted molar refractivity (Wildman–Crippen MR) is 54.8 cm³/mol. The molecule has 1 atom stereocenters. The second-order valence-electron chi connectivity index (χ2n) is 3.67. The molecular formula is C11H17NO2. The molecule has 3 nitrogen and oxygen atoms in total. The van der Waals surface area contributed by atoms with E-state index >= 15 is 0 Å². The highest BCUT2D eigenvalue weighted by Crippen LogP contribution is 2.14. The lowest BCUT2D eigenvalue weighted by Gasteiger charge is -2.22. The highest BCUT2D eigenvalue weighted by molar-refractivity contribution is 6.37. The number of carbonyl (C=O) groups excluding carboxylic acids is 2. The molecule has 0 spiro atoms. The van der Waals surface area contributed by atoms with Crippen molar-refractivity contribution in [3.05, 3.63) is 12.2 Å². The molecule has 78 valence electrons. The van der Waals surface area contributed by atoms with Gasteiger partial charge in [0.15, 0.2) is 0 Å². The largest absolute Gasteiger partial charge is 0.333 e. The zero-order valence-electron chi connectivity index (χ0n) is 8.82. The smallest absolute Gasteiger partial charge is 0.290 e. The van der Waals surface area contributed by atoms with Crippen LogP contribution in [-0.2, 0) is 9.59 Å². The first kappa shape index (κ1) is 11.0. The molecule has 0 radical (unpaired) electrons. The zero-order chi connectivity index (χ0) is 10.6. The Morgan fingerprint density at radius 1 is 1.50 bits per heavy atom. The molecule has 14 heavy (non-hydrogen) atoms. The van der Waals surface area contributed by atoms with Crippen LogP contribution in [0.5, 0.6) is 0 Å². The first-order valence-electron chi connectivity index (χ1n) is 5.11. The van der Waals surface area contributed by atoms with Gasteiger partial charge in [-0.05, 0) is 26.7 Å². The summed E-state index contributed by atoms with van der Waals surface area (Å²) in [6, 6.07) is 0.185. The van der Waals surface area contributed by atoms with Gasteiger partial charge < -0.3 is 4.90 Å². The van der Waals surface area contributed by atoms with Gasteiger partial charge in [0, 0.05) is 19.0 Å². The van der Waals surface area contributed by atoms with Crippen molar-refractivity contribution in [3.8, 4) is 0 Å². The van der Waals surface area contributed by atoms with Crippen molar-refractivity contribution in [2.24, 2.45) is 0 Å². The van der Waals surface area contributed by atoms with Crippen LogP contribution in [0.15, 0.2) is 12.2 Å². The summed E-state index contributed by atoms with van der Waals surface area (Å²) in [6.45, 7) is 4.59. The molecule has 0 saturated carbocycles. The van der Waals surface area contributed by atoms with Crippen LogP contribution in [0.1, 0.15) is 33.1 Å². The van der Waals surface area contributed by atoms with Gasteiger partial charge in [0.05, 0.1) is 0 Å². The van der Waals surface area contributed by atoms with Gasteiger partial charge in [0.25, 0.3) is 5.91 Å². The Hall–Kier alpha value is -1.12. The maximum Gasteiger partial charge on any atom is 0.290 e. The molecule has 0 aromatic carbocycles. The summed E-state index contributed by atoms with van der Waals surface area (Å²) >= 11 is 0. The van der Waals surface area contributed by atoms with E-state index in [1.54, 1.807) is 4.90 Å². The highest BCUT2D eigenvalue weighted by Gasteiger charge is 2.31. The van der Waals surface area contributed by atoms with Crippen LogP contribution in [-0.4, -0.2) is 29.2 Å². The minimum atomic E-state index is -0.294. The number of carbonyl (C=O) groups is 2. The second-order valence-corrected chi connectivity index (χ2v) is 3.67. The van der Waals surface area contributed by atoms with E-state index in [9.17, 15) is 9.59 Å². The van der Waals surface area contributed by atoms with Crippen molar-refractivity contribution in [3.63, 3.8) is 0 Å². The average Bonchev–Trinajstić information content (AvgIpc) is 2.48. The summed E-state index contributed by atoms with van der Waals surface area (Å²) in [4.78, 5) is 24.0. The van der Waals surface area contributed by atoms with Gasteiger partial charge in [-0.1, -0.05) is 12.2 Å². The molecule has 1 aliphatic heterocycles. The molecule has 1 heterocycles. The molecule has 1 fully saturated rings. The molecule has 0 N–H and O–H groups in total. The Kier molecular flexibility index (Phi) is 3.86. The zero-order valence-corrected chi connectivity index (χ0v) is 8.82. The van der Waals surface area contributed by atoms with Gasteiger partial charge in [-0.3, -0.25) is 9.59 Å². The quantitative estimate of drug-likeness (QED) is 0.504. The van der Waals surface area contributed by atoms with Gasteiger partial charge in [0.1, 0.15) is 0 Å². The molecular weight excluding hydrogens is 178 g/mol. The van der Waals surface area contributed by atoms with E-state index in [0.717, 1.165) is 12.8 Å². The van der Waals surface area contributed by atoms with Crippen molar-refractivity contribution in [2.75, 3.05) is 6.54 Å². The minimum Gasteiger partial charge on any atom is -0.333 e. The first-order valence-corrected chi connectivity index (χ1v) is 5.11. The normalized spacial score (nSPS) is 19.7. The Morgan fingerprint density at radius 3 is 2.71 bits per heavy atom. The Labute approximate surface area is 84.8 Å². The molecule has 0 bridgehead atoms. The Balaban J connectivity index is 2.41. The lowest BCUT2D eigenvalue weighted by Crippen LogP contribution is -2.35. The molecule has 0 aromatic heterocycles. The number of ketones is 1. The van der Waals surface area contributed by atoms with E-state index < -0.39 is 0 Å². The number of amides is 1. The van der Waals surface area contributed by atoms with Crippen LogP contribution in [0, 0.1) is 0 Å². The Morgan fingerprint density at radius 2 is 2.21 bits per heavy atom. The van der Waals surface area contributed by atoms with Gasteiger partial charge in [-0.2, -0.15) is 0 Å². The number of Topliss-reactive ketones (excluding diaryl/α,β-unsaturated/α-hetero) is 1. The lowest BCUT2D eigenvalue weighted by atomic mass is 10.1. The summed E-state index contributed by atoms with van der Waals surface area (Å²) in [6.07, 6.45) is 6.38. The Bertz CT molecular complexity index is 258. The maximum absolute atomic E-state index is 11.3. The number of rotatable bonds is 4. The summed E-state index contributed by atoms with van der Waals surface area (Å²) in [5, 5.41) is 0. The third-order valence-corrected chi connectivity index (χ3v) is 2.60. The van der Waals surface area contributed by atoms with Gasteiger partial charge in [-0.25, -0.2) is 0 Å². The van der Waals surface area contributed by atoms with Crippen molar-refractivity contribution < 1.29 is 9.59 Å². The molecule has 1 aliphatic rings. The summed E-state index contributed by atoms with van der Waals surface area (Å²) in [7, 11) is 0. The van der Waals surface area contributed by atoms with Gasteiger partial charge in [-0.15, -0.1) is 0 Å². The number of hydrogen-bond donors (Lipinski definition) is 0. The summed E-state index contributed by atoms with van der Waals surface area (Å²) < 4.78 is 0. The first-order chi connectivity index (χ1) is 6.66. The van der Waals surface area contributed by atoms with E-state index in [0.29, 0.717) is 13.0 Å². The fraction of sp³-hybridized carbons (Fsp3) is 0.636. The summed E-state index contributed by atoms with van der Waals surface area (Å²) in [5.74, 6) is -0.527. The van der Waals surface area contributed by atoms with E-state index in [2.05, 4.69) is 6.08 Å². The average molecular weight is 195 g/mol. The topological polar surface area (TPSA) is 37.4 Å². The number of hydrogen-bond acceptors (Lipinski definition) is 2. The third kappa shape index (κ3) is 2.44. The molecule has 1 amide bonds. The summed E-state index contributed by atoms with van der Waals surface area (Å²) in [5.41, 5.74) is 0. The lowest BCUT2D eigenvalue weighted by molar-refractivity contribution is -0.141. The van der Waals surface area contributed by atoms with Crippen molar-refractivity contribution in [1.29, 1.82) is 0 Å². The van der Waals surface area contributed by atoms with Crippen LogP contribution < -0.4 is 0 Å². The van der Waals surface area contributed by atoms with Crippen LogP contribution in [0.4, 0.5) is 0 Å². The molecule has 3 heteroatoms. The van der Waals surface area contributed by atoms with Gasteiger partial charge >= 0.3 is 0 Å². The predicted octanol–water partition coefficient (Wildman–Crippen LogP) is 1.53. The third-order valence-electron chi connectivity index (χ3n) is 2.60. The van der Waals surface area contributed by atoms with E-state index in [1.807, 2.05) is 19.9 Å². The standard InChI is InChI=1S/C11H17NO2/c1-3-4-5-6-9(2)12-8-7-10(13)11(12)14/h3-4,9H,5-8H2,1-2H3/b4-3+. The number of nitrogens with zero attached hydrogens (tertiary/aromatic N) is 1. The molecule has 0 aliphatic carbocycles. The van der Waals surface area contributed by atoms with Gasteiger partial charge in [0.2, 0.25) is 5.78 Å². The van der Waals surface area contributed by atoms with Crippen LogP contribution >= 0.6 is 0 Å². The molecule has 0 aromatic rings.